The first kappa shape index (κ1) is 25.4. The molecule has 0 aliphatic rings. The number of nitrogens with zero attached hydrogens (tertiary/aromatic N) is 3. The van der Waals surface area contributed by atoms with Crippen molar-refractivity contribution in [3.05, 3.63) is 152 Å². The molecule has 0 N–H and O–H groups in total. The Morgan fingerprint density at radius 3 is 1.78 bits per heavy atom. The molecule has 4 nitrogen and oxygen atoms in total. The number of furan rings is 1. The predicted octanol–water partition coefficient (Wildman–Crippen LogP) is 10.7. The minimum absolute atomic E-state index is 0.633. The molecule has 210 valence electrons. The molecule has 2 aromatic heterocycles. The summed E-state index contributed by atoms with van der Waals surface area (Å²) in [7, 11) is 0. The third-order valence-electron chi connectivity index (χ3n) is 8.48. The van der Waals surface area contributed by atoms with E-state index in [0.717, 1.165) is 60.5 Å². The van der Waals surface area contributed by atoms with E-state index >= 15 is 0 Å². The average Bonchev–Trinajstić information content (AvgIpc) is 3.49. The maximum Gasteiger partial charge on any atom is 0.164 e. The summed E-state index contributed by atoms with van der Waals surface area (Å²) >= 11 is 0. The molecule has 0 spiro atoms. The van der Waals surface area contributed by atoms with Crippen molar-refractivity contribution in [3.63, 3.8) is 0 Å². The molecule has 0 saturated carbocycles. The van der Waals surface area contributed by atoms with Crippen LogP contribution in [0.15, 0.2) is 156 Å². The van der Waals surface area contributed by atoms with Crippen LogP contribution < -0.4 is 0 Å². The molecule has 0 amide bonds. The fourth-order valence-corrected chi connectivity index (χ4v) is 6.25. The summed E-state index contributed by atoms with van der Waals surface area (Å²) < 4.78 is 6.13. The van der Waals surface area contributed by atoms with Crippen molar-refractivity contribution in [1.29, 1.82) is 0 Å². The minimum Gasteiger partial charge on any atom is -0.456 e. The zero-order valence-electron chi connectivity index (χ0n) is 24.2. The van der Waals surface area contributed by atoms with Crippen LogP contribution in [0.3, 0.4) is 0 Å². The zero-order chi connectivity index (χ0) is 29.7. The molecule has 0 aliphatic heterocycles. The van der Waals surface area contributed by atoms with Crippen molar-refractivity contribution in [1.82, 2.24) is 15.0 Å². The summed E-state index contributed by atoms with van der Waals surface area (Å²) in [6.45, 7) is 0. The van der Waals surface area contributed by atoms with Crippen molar-refractivity contribution in [2.24, 2.45) is 0 Å². The van der Waals surface area contributed by atoms with E-state index in [4.69, 9.17) is 19.4 Å². The van der Waals surface area contributed by atoms with Crippen LogP contribution in [0.1, 0.15) is 0 Å². The number of aromatic nitrogens is 3. The van der Waals surface area contributed by atoms with E-state index in [0.29, 0.717) is 17.5 Å². The number of benzene rings is 7. The lowest BCUT2D eigenvalue weighted by Crippen LogP contribution is -2.00. The van der Waals surface area contributed by atoms with Gasteiger partial charge in [0.1, 0.15) is 11.2 Å². The van der Waals surface area contributed by atoms with Crippen LogP contribution in [0.5, 0.6) is 0 Å². The fourth-order valence-electron chi connectivity index (χ4n) is 6.25. The smallest absolute Gasteiger partial charge is 0.164 e. The molecule has 0 saturated heterocycles. The van der Waals surface area contributed by atoms with Gasteiger partial charge < -0.3 is 4.42 Å². The van der Waals surface area contributed by atoms with Crippen LogP contribution in [0.4, 0.5) is 0 Å². The Labute approximate surface area is 259 Å². The Morgan fingerprint density at radius 2 is 0.933 bits per heavy atom. The Hall–Kier alpha value is -6.13. The van der Waals surface area contributed by atoms with Gasteiger partial charge in [0, 0.05) is 27.5 Å². The first-order valence-electron chi connectivity index (χ1n) is 15.0. The molecule has 45 heavy (non-hydrogen) atoms. The average molecular weight is 576 g/mol. The SMILES string of the molecule is c1ccc(-c2nc(-c3ccc4ccccc4c3)nc(-c3cc(-c4ccc5oc6ccccc6c5c4)c4ccccc4c3)n2)cc1. The zero-order valence-corrected chi connectivity index (χ0v) is 24.2. The number of fused-ring (bicyclic) bond motifs is 5. The highest BCUT2D eigenvalue weighted by atomic mass is 16.3. The molecule has 0 aliphatic carbocycles. The van der Waals surface area contributed by atoms with Gasteiger partial charge in [-0.05, 0) is 69.1 Å². The predicted molar refractivity (Wildman–Crippen MR) is 184 cm³/mol. The summed E-state index contributed by atoms with van der Waals surface area (Å²) in [5, 5.41) is 6.83. The van der Waals surface area contributed by atoms with Gasteiger partial charge in [0.15, 0.2) is 17.5 Å². The molecular formula is C41H25N3O. The van der Waals surface area contributed by atoms with Crippen LogP contribution in [0, 0.1) is 0 Å². The van der Waals surface area contributed by atoms with Gasteiger partial charge >= 0.3 is 0 Å². The van der Waals surface area contributed by atoms with E-state index in [-0.39, 0.29) is 0 Å². The number of rotatable bonds is 4. The van der Waals surface area contributed by atoms with Crippen molar-refractivity contribution in [2.45, 2.75) is 0 Å². The third kappa shape index (κ3) is 4.43. The first-order valence-corrected chi connectivity index (χ1v) is 15.0. The second-order valence-corrected chi connectivity index (χ2v) is 11.3. The van der Waals surface area contributed by atoms with E-state index in [1.165, 1.54) is 10.8 Å². The van der Waals surface area contributed by atoms with Gasteiger partial charge in [0.2, 0.25) is 0 Å². The van der Waals surface area contributed by atoms with Gasteiger partial charge in [-0.15, -0.1) is 0 Å². The van der Waals surface area contributed by atoms with Crippen LogP contribution in [0.25, 0.3) is 88.8 Å². The molecule has 2 heterocycles. The maximum atomic E-state index is 6.13. The Morgan fingerprint density at radius 1 is 0.333 bits per heavy atom. The third-order valence-corrected chi connectivity index (χ3v) is 8.48. The summed E-state index contributed by atoms with van der Waals surface area (Å²) in [5.41, 5.74) is 6.83. The fraction of sp³-hybridized carbons (Fsp3) is 0. The molecule has 9 aromatic rings. The van der Waals surface area contributed by atoms with Crippen LogP contribution in [-0.4, -0.2) is 15.0 Å². The summed E-state index contributed by atoms with van der Waals surface area (Å²) in [6, 6.07) is 52.3. The Balaban J connectivity index is 1.27. The highest BCUT2D eigenvalue weighted by Gasteiger charge is 2.16. The van der Waals surface area contributed by atoms with E-state index in [2.05, 4.69) is 109 Å². The molecular weight excluding hydrogens is 550 g/mol. The topological polar surface area (TPSA) is 51.8 Å². The molecule has 0 unspecified atom stereocenters. The lowest BCUT2D eigenvalue weighted by Gasteiger charge is -2.13. The molecule has 0 fully saturated rings. The van der Waals surface area contributed by atoms with Gasteiger partial charge in [-0.3, -0.25) is 0 Å². The highest BCUT2D eigenvalue weighted by molar-refractivity contribution is 6.08. The van der Waals surface area contributed by atoms with E-state index in [1.807, 2.05) is 42.5 Å². The van der Waals surface area contributed by atoms with Crippen molar-refractivity contribution in [2.75, 3.05) is 0 Å². The molecule has 0 radical (unpaired) electrons. The largest absolute Gasteiger partial charge is 0.456 e. The Bertz CT molecular complexity index is 2550. The maximum absolute atomic E-state index is 6.13. The monoisotopic (exact) mass is 575 g/mol. The van der Waals surface area contributed by atoms with Gasteiger partial charge in [0.25, 0.3) is 0 Å². The number of para-hydroxylation sites is 1. The van der Waals surface area contributed by atoms with Crippen LogP contribution >= 0.6 is 0 Å². The van der Waals surface area contributed by atoms with E-state index in [1.54, 1.807) is 0 Å². The lowest BCUT2D eigenvalue weighted by atomic mass is 9.94. The molecule has 0 atom stereocenters. The van der Waals surface area contributed by atoms with Crippen LogP contribution in [-0.2, 0) is 0 Å². The van der Waals surface area contributed by atoms with Gasteiger partial charge in [-0.2, -0.15) is 0 Å². The standard InChI is InChI=1S/C41H25N3O/c1-2-11-27(12-3-1)39-42-40(31-19-18-26-10-4-5-13-28(26)22-31)44-41(43-39)32-23-29-14-6-7-15-33(29)35(25-32)30-20-21-38-36(24-30)34-16-8-9-17-37(34)45-38/h1-25H. The number of hydrogen-bond acceptors (Lipinski definition) is 4. The molecule has 4 heteroatoms. The van der Waals surface area contributed by atoms with Gasteiger partial charge in [-0.25, -0.2) is 15.0 Å². The van der Waals surface area contributed by atoms with E-state index < -0.39 is 0 Å². The van der Waals surface area contributed by atoms with Crippen molar-refractivity contribution < 1.29 is 4.42 Å². The second kappa shape index (κ2) is 10.2. The van der Waals surface area contributed by atoms with Gasteiger partial charge in [-0.1, -0.05) is 115 Å². The van der Waals surface area contributed by atoms with Crippen molar-refractivity contribution >= 4 is 43.5 Å². The van der Waals surface area contributed by atoms with E-state index in [9.17, 15) is 0 Å². The summed E-state index contributed by atoms with van der Waals surface area (Å²) in [5.74, 6) is 1.92. The minimum atomic E-state index is 0.633. The van der Waals surface area contributed by atoms with Gasteiger partial charge in [0.05, 0.1) is 0 Å². The first-order chi connectivity index (χ1) is 22.3. The molecule has 0 bridgehead atoms. The summed E-state index contributed by atoms with van der Waals surface area (Å²) in [6.07, 6.45) is 0. The normalized spacial score (nSPS) is 11.6. The van der Waals surface area contributed by atoms with Crippen LogP contribution in [0.2, 0.25) is 0 Å². The van der Waals surface area contributed by atoms with Crippen molar-refractivity contribution in [3.8, 4) is 45.3 Å². The Kier molecular flexibility index (Phi) is 5.78. The quantitative estimate of drug-likeness (QED) is 0.209. The summed E-state index contributed by atoms with van der Waals surface area (Å²) in [4.78, 5) is 15.1. The lowest BCUT2D eigenvalue weighted by molar-refractivity contribution is 0.669. The second-order valence-electron chi connectivity index (χ2n) is 11.3. The molecule has 7 aromatic carbocycles. The number of hydrogen-bond donors (Lipinski definition) is 0. The molecule has 9 rings (SSSR count). The highest BCUT2D eigenvalue weighted by Crippen LogP contribution is 2.38.